The smallest absolute Gasteiger partial charge is 0.144 e. The zero-order chi connectivity index (χ0) is 27.4. The van der Waals surface area contributed by atoms with Crippen LogP contribution in [-0.4, -0.2) is 9.55 Å². The van der Waals surface area contributed by atoms with E-state index in [2.05, 4.69) is 108 Å². The Morgan fingerprint density at radius 2 is 0.951 bits per heavy atom. The van der Waals surface area contributed by atoms with E-state index in [4.69, 9.17) is 4.98 Å². The fraction of sp³-hybridized carbons (Fsp3) is 0.308. The third-order valence-corrected chi connectivity index (χ3v) is 9.50. The molecule has 0 saturated heterocycles. The van der Waals surface area contributed by atoms with E-state index < -0.39 is 0 Å². The SMILES string of the molecule is c1ccc(-c2ccc(-c3nccn3-c3c(C4CCCCC4)cc(-c4ccccc4)cc3C3CCCCC3)cc2)cc1. The molecule has 2 aliphatic carbocycles. The number of aromatic nitrogens is 2. The molecule has 0 unspecified atom stereocenters. The molecule has 2 heteroatoms. The van der Waals surface area contributed by atoms with Crippen LogP contribution in [0.25, 0.3) is 39.3 Å². The minimum absolute atomic E-state index is 0.598. The molecule has 0 bridgehead atoms. The first-order valence-corrected chi connectivity index (χ1v) is 15.8. The first kappa shape index (κ1) is 26.0. The molecule has 4 aromatic carbocycles. The summed E-state index contributed by atoms with van der Waals surface area (Å²) in [5, 5.41) is 0. The van der Waals surface area contributed by atoms with E-state index in [0.29, 0.717) is 11.8 Å². The normalized spacial score (nSPS) is 16.6. The van der Waals surface area contributed by atoms with Crippen LogP contribution in [0.2, 0.25) is 0 Å². The Bertz CT molecular complexity index is 1530. The van der Waals surface area contributed by atoms with Crippen molar-refractivity contribution >= 4 is 0 Å². The van der Waals surface area contributed by atoms with Crippen LogP contribution >= 0.6 is 0 Å². The van der Waals surface area contributed by atoms with Gasteiger partial charge in [-0.3, -0.25) is 4.57 Å². The lowest BCUT2D eigenvalue weighted by molar-refractivity contribution is 0.434. The van der Waals surface area contributed by atoms with Crippen LogP contribution in [0, 0.1) is 0 Å². The third-order valence-electron chi connectivity index (χ3n) is 9.50. The van der Waals surface area contributed by atoms with E-state index in [9.17, 15) is 0 Å². The van der Waals surface area contributed by atoms with Crippen molar-refractivity contribution in [1.29, 1.82) is 0 Å². The van der Waals surface area contributed by atoms with Crippen molar-refractivity contribution in [3.63, 3.8) is 0 Å². The molecule has 41 heavy (non-hydrogen) atoms. The molecule has 7 rings (SSSR count). The lowest BCUT2D eigenvalue weighted by Gasteiger charge is -2.31. The molecule has 1 heterocycles. The highest BCUT2D eigenvalue weighted by molar-refractivity contribution is 5.73. The van der Waals surface area contributed by atoms with Crippen molar-refractivity contribution in [3.05, 3.63) is 121 Å². The molecular formula is C39H40N2. The molecule has 2 aliphatic rings. The summed E-state index contributed by atoms with van der Waals surface area (Å²) < 4.78 is 2.44. The van der Waals surface area contributed by atoms with Crippen LogP contribution in [0.5, 0.6) is 0 Å². The molecule has 2 nitrogen and oxygen atoms in total. The zero-order valence-electron chi connectivity index (χ0n) is 24.0. The van der Waals surface area contributed by atoms with Gasteiger partial charge >= 0.3 is 0 Å². The zero-order valence-corrected chi connectivity index (χ0v) is 24.0. The Hall–Kier alpha value is -3.91. The highest BCUT2D eigenvalue weighted by Crippen LogP contribution is 2.45. The predicted octanol–water partition coefficient (Wildman–Crippen LogP) is 11.0. The Morgan fingerprint density at radius 1 is 0.488 bits per heavy atom. The van der Waals surface area contributed by atoms with E-state index in [1.807, 2.05) is 6.20 Å². The number of nitrogens with zero attached hydrogens (tertiary/aromatic N) is 2. The largest absolute Gasteiger partial charge is 0.299 e. The summed E-state index contributed by atoms with van der Waals surface area (Å²) in [5.74, 6) is 2.24. The van der Waals surface area contributed by atoms with Crippen molar-refractivity contribution in [3.8, 4) is 39.3 Å². The van der Waals surface area contributed by atoms with Crippen molar-refractivity contribution in [2.45, 2.75) is 76.0 Å². The maximum atomic E-state index is 4.98. The maximum absolute atomic E-state index is 4.98. The summed E-state index contributed by atoms with van der Waals surface area (Å²) in [5.41, 5.74) is 10.9. The van der Waals surface area contributed by atoms with Gasteiger partial charge < -0.3 is 0 Å². The van der Waals surface area contributed by atoms with Crippen molar-refractivity contribution in [2.24, 2.45) is 0 Å². The molecule has 2 saturated carbocycles. The average Bonchev–Trinajstić information content (AvgIpc) is 3.55. The highest BCUT2D eigenvalue weighted by atomic mass is 15.1. The Balaban J connectivity index is 1.39. The summed E-state index contributed by atoms with van der Waals surface area (Å²) >= 11 is 0. The Labute approximate surface area is 245 Å². The van der Waals surface area contributed by atoms with E-state index in [-0.39, 0.29) is 0 Å². The predicted molar refractivity (Wildman–Crippen MR) is 172 cm³/mol. The van der Waals surface area contributed by atoms with Gasteiger partial charge in [0.15, 0.2) is 0 Å². The van der Waals surface area contributed by atoms with Gasteiger partial charge in [-0.05, 0) is 83.0 Å². The van der Waals surface area contributed by atoms with Gasteiger partial charge in [-0.2, -0.15) is 0 Å². The van der Waals surface area contributed by atoms with Gasteiger partial charge in [0.2, 0.25) is 0 Å². The minimum Gasteiger partial charge on any atom is -0.299 e. The monoisotopic (exact) mass is 536 g/mol. The van der Waals surface area contributed by atoms with E-state index in [0.717, 1.165) is 5.82 Å². The molecule has 0 amide bonds. The molecular weight excluding hydrogens is 496 g/mol. The molecule has 0 aliphatic heterocycles. The van der Waals surface area contributed by atoms with Crippen molar-refractivity contribution in [2.75, 3.05) is 0 Å². The van der Waals surface area contributed by atoms with Crippen LogP contribution in [0.4, 0.5) is 0 Å². The number of imidazole rings is 1. The second-order valence-electron chi connectivity index (χ2n) is 12.1. The van der Waals surface area contributed by atoms with Crippen molar-refractivity contribution < 1.29 is 0 Å². The van der Waals surface area contributed by atoms with Gasteiger partial charge in [-0.1, -0.05) is 123 Å². The van der Waals surface area contributed by atoms with Crippen LogP contribution in [0.1, 0.15) is 87.2 Å². The topological polar surface area (TPSA) is 17.8 Å². The summed E-state index contributed by atoms with van der Waals surface area (Å²) in [6.07, 6.45) is 17.4. The lowest BCUT2D eigenvalue weighted by Crippen LogP contribution is -2.15. The molecule has 0 atom stereocenters. The molecule has 206 valence electrons. The average molecular weight is 537 g/mol. The third kappa shape index (κ3) is 5.40. The number of benzene rings is 4. The molecule has 2 fully saturated rings. The molecule has 5 aromatic rings. The summed E-state index contributed by atoms with van der Waals surface area (Å²) in [4.78, 5) is 4.98. The van der Waals surface area contributed by atoms with Gasteiger partial charge in [0.1, 0.15) is 5.82 Å². The minimum atomic E-state index is 0.598. The van der Waals surface area contributed by atoms with Gasteiger partial charge in [0.25, 0.3) is 0 Å². The van der Waals surface area contributed by atoms with Gasteiger partial charge in [-0.25, -0.2) is 4.98 Å². The maximum Gasteiger partial charge on any atom is 0.144 e. The number of rotatable bonds is 6. The molecule has 1 aromatic heterocycles. The molecule has 0 radical (unpaired) electrons. The van der Waals surface area contributed by atoms with Crippen LogP contribution in [0.15, 0.2) is 109 Å². The first-order chi connectivity index (χ1) is 20.3. The second kappa shape index (κ2) is 11.9. The molecule has 0 spiro atoms. The van der Waals surface area contributed by atoms with Gasteiger partial charge in [0.05, 0.1) is 5.69 Å². The van der Waals surface area contributed by atoms with Crippen LogP contribution < -0.4 is 0 Å². The van der Waals surface area contributed by atoms with Crippen molar-refractivity contribution in [1.82, 2.24) is 9.55 Å². The number of hydrogen-bond donors (Lipinski definition) is 0. The summed E-state index contributed by atoms with van der Waals surface area (Å²) in [7, 11) is 0. The fourth-order valence-corrected chi connectivity index (χ4v) is 7.34. The number of hydrogen-bond acceptors (Lipinski definition) is 1. The first-order valence-electron chi connectivity index (χ1n) is 15.8. The Morgan fingerprint density at radius 3 is 1.49 bits per heavy atom. The van der Waals surface area contributed by atoms with Gasteiger partial charge in [-0.15, -0.1) is 0 Å². The van der Waals surface area contributed by atoms with Gasteiger partial charge in [0, 0.05) is 18.0 Å². The molecule has 0 N–H and O–H groups in total. The lowest BCUT2D eigenvalue weighted by atomic mass is 9.77. The Kier molecular flexibility index (Phi) is 7.56. The standard InChI is InChI=1S/C39H40N2/c1-5-13-29(14-6-1)31-21-23-34(24-22-31)39-40-25-26-41(39)38-36(32-17-9-3-10-18-32)27-35(30-15-7-2-8-16-30)28-37(38)33-19-11-4-12-20-33/h1-2,5-8,13-16,21-28,32-33H,3-4,9-12,17-20H2. The van der Waals surface area contributed by atoms with E-state index in [1.54, 1.807) is 0 Å². The van der Waals surface area contributed by atoms with Crippen LogP contribution in [0.3, 0.4) is 0 Å². The summed E-state index contributed by atoms with van der Waals surface area (Å²) in [6, 6.07) is 35.7. The van der Waals surface area contributed by atoms with E-state index >= 15 is 0 Å². The quantitative estimate of drug-likeness (QED) is 0.211. The van der Waals surface area contributed by atoms with Crippen LogP contribution in [-0.2, 0) is 0 Å². The second-order valence-corrected chi connectivity index (χ2v) is 12.1. The fourth-order valence-electron chi connectivity index (χ4n) is 7.34. The highest BCUT2D eigenvalue weighted by Gasteiger charge is 2.28. The van der Waals surface area contributed by atoms with E-state index in [1.165, 1.54) is 109 Å². The summed E-state index contributed by atoms with van der Waals surface area (Å²) in [6.45, 7) is 0.